The number of primary amides is 1. The number of hydrogen-bond donors (Lipinski definition) is 3. The summed E-state index contributed by atoms with van der Waals surface area (Å²) in [7, 11) is 1.57. The molecule has 0 bridgehead atoms. The van der Waals surface area contributed by atoms with Crippen molar-refractivity contribution in [1.82, 2.24) is 25.4 Å². The number of halogens is 2. The Morgan fingerprint density at radius 3 is 2.63 bits per heavy atom. The van der Waals surface area contributed by atoms with Gasteiger partial charge in [-0.2, -0.15) is 0 Å². The Hall–Kier alpha value is -4.69. The lowest BCUT2D eigenvalue weighted by atomic mass is 10.0. The number of amides is 5. The van der Waals surface area contributed by atoms with Crippen molar-refractivity contribution in [3.63, 3.8) is 0 Å². The maximum absolute atomic E-state index is 14.5. The lowest BCUT2D eigenvalue weighted by molar-refractivity contribution is -0.141. The number of benzene rings is 1. The first kappa shape index (κ1) is 37.1. The van der Waals surface area contributed by atoms with Gasteiger partial charge in [-0.1, -0.05) is 25.0 Å². The molecule has 0 unspecified atom stereocenters. The number of aromatic nitrogens is 1. The van der Waals surface area contributed by atoms with E-state index >= 15 is 0 Å². The summed E-state index contributed by atoms with van der Waals surface area (Å²) >= 11 is 0. The van der Waals surface area contributed by atoms with Gasteiger partial charge in [-0.15, -0.1) is 0 Å². The summed E-state index contributed by atoms with van der Waals surface area (Å²) < 4.78 is 46.1. The molecule has 4 heterocycles. The van der Waals surface area contributed by atoms with Crippen LogP contribution in [0, 0.1) is 12.8 Å². The highest BCUT2D eigenvalue weighted by Crippen LogP contribution is 2.45. The van der Waals surface area contributed by atoms with Gasteiger partial charge in [0.25, 0.3) is 5.92 Å². The standard InChI is InChI=1S/C37H48F2N6O7/c1-21(2)51-30-17-29(25-12-13-28(50-4)22(3)31(25)42-30)52-24-16-27-32(46)43-37(34(40)48)18-23(37)10-8-6-5-7-9-11-26(33(47)45(27)19-24)41-35(49)44-15-14-36(38,39)20-44/h8,10,12-13,17,21,23-24,26-27H,5-7,9,11,14-16,18-20H2,1-4H3,(H2,40,48)(H,41,49)(H,43,46)/b10-8-/t23-,24-,26+,27+,37-/m1/s1. The number of carbonyl (C=O) groups is 4. The van der Waals surface area contributed by atoms with E-state index in [0.717, 1.165) is 29.7 Å². The van der Waals surface area contributed by atoms with Crippen LogP contribution in [0.15, 0.2) is 30.4 Å². The molecule has 1 aromatic heterocycles. The molecule has 13 nitrogen and oxygen atoms in total. The van der Waals surface area contributed by atoms with E-state index in [1.54, 1.807) is 19.2 Å². The second-order valence-electron chi connectivity index (χ2n) is 14.6. The Morgan fingerprint density at radius 2 is 1.94 bits per heavy atom. The van der Waals surface area contributed by atoms with Crippen LogP contribution in [-0.2, 0) is 14.4 Å². The van der Waals surface area contributed by atoms with Crippen LogP contribution in [0.4, 0.5) is 13.6 Å². The molecule has 0 spiro atoms. The minimum Gasteiger partial charge on any atom is -0.496 e. The van der Waals surface area contributed by atoms with Crippen LogP contribution in [0.25, 0.3) is 10.9 Å². The second kappa shape index (κ2) is 14.7. The Labute approximate surface area is 301 Å². The zero-order valence-corrected chi connectivity index (χ0v) is 30.1. The van der Waals surface area contributed by atoms with Crippen LogP contribution in [0.2, 0.25) is 0 Å². The molecule has 15 heteroatoms. The van der Waals surface area contributed by atoms with E-state index in [1.165, 1.54) is 4.90 Å². The highest BCUT2D eigenvalue weighted by atomic mass is 19.3. The van der Waals surface area contributed by atoms with E-state index in [-0.39, 0.29) is 38.0 Å². The van der Waals surface area contributed by atoms with Gasteiger partial charge in [-0.05, 0) is 58.6 Å². The number of alkyl halides is 2. The number of urea groups is 1. The van der Waals surface area contributed by atoms with E-state index in [0.29, 0.717) is 41.1 Å². The Morgan fingerprint density at radius 1 is 1.15 bits per heavy atom. The summed E-state index contributed by atoms with van der Waals surface area (Å²) in [5.74, 6) is -3.68. The van der Waals surface area contributed by atoms with Gasteiger partial charge in [-0.3, -0.25) is 14.4 Å². The first-order valence-corrected chi connectivity index (χ1v) is 18.1. The number of hydrogen-bond acceptors (Lipinski definition) is 8. The summed E-state index contributed by atoms with van der Waals surface area (Å²) in [6, 6.07) is 2.37. The minimum atomic E-state index is -3.00. The number of pyridine rings is 1. The summed E-state index contributed by atoms with van der Waals surface area (Å²) in [5.41, 5.74) is 5.91. The molecular weight excluding hydrogens is 678 g/mol. The van der Waals surface area contributed by atoms with Gasteiger partial charge in [0.2, 0.25) is 23.6 Å². The van der Waals surface area contributed by atoms with Crippen molar-refractivity contribution < 1.29 is 42.2 Å². The van der Waals surface area contributed by atoms with Crippen LogP contribution in [0.3, 0.4) is 0 Å². The van der Waals surface area contributed by atoms with Crippen molar-refractivity contribution in [2.45, 2.75) is 108 Å². The van der Waals surface area contributed by atoms with Gasteiger partial charge >= 0.3 is 6.03 Å². The van der Waals surface area contributed by atoms with E-state index in [9.17, 15) is 28.0 Å². The molecule has 5 atom stereocenters. The first-order valence-electron chi connectivity index (χ1n) is 18.1. The number of methoxy groups -OCH3 is 1. The van der Waals surface area contributed by atoms with Crippen LogP contribution >= 0.6 is 0 Å². The third-order valence-electron chi connectivity index (χ3n) is 10.4. The fraction of sp³-hybridized carbons (Fsp3) is 0.595. The van der Waals surface area contributed by atoms with Gasteiger partial charge in [0.05, 0.1) is 31.8 Å². The molecule has 1 saturated carbocycles. The molecule has 2 saturated heterocycles. The molecule has 2 aromatic rings. The number of nitrogens with zero attached hydrogens (tertiary/aromatic N) is 3. The maximum Gasteiger partial charge on any atom is 0.318 e. The van der Waals surface area contributed by atoms with Crippen molar-refractivity contribution in [2.75, 3.05) is 26.7 Å². The Bertz CT molecular complexity index is 1750. The molecule has 1 aliphatic carbocycles. The zero-order valence-electron chi connectivity index (χ0n) is 30.1. The number of aryl methyl sites for hydroxylation is 1. The van der Waals surface area contributed by atoms with E-state index in [4.69, 9.17) is 24.9 Å². The van der Waals surface area contributed by atoms with E-state index < -0.39 is 66.4 Å². The fourth-order valence-electron chi connectivity index (χ4n) is 7.50. The Balaban J connectivity index is 1.33. The molecule has 52 heavy (non-hydrogen) atoms. The number of allylic oxidation sites excluding steroid dienone is 1. The SMILES string of the molecule is COc1ccc2c(O[C@@H]3C[C@H]4C(=O)N[C@]5(C(N)=O)C[C@H]5/C=C\CCCCC[C@H](NC(=O)N5CCC(F)(F)C5)C(=O)N4C3)cc(OC(C)C)nc2c1C. The third kappa shape index (κ3) is 7.73. The molecular formula is C37H48F2N6O7. The van der Waals surface area contributed by atoms with Crippen molar-refractivity contribution in [2.24, 2.45) is 11.7 Å². The van der Waals surface area contributed by atoms with Gasteiger partial charge in [0, 0.05) is 42.3 Å². The average Bonchev–Trinajstić information content (AvgIpc) is 3.40. The topological polar surface area (TPSA) is 165 Å². The molecule has 0 radical (unpaired) electrons. The largest absolute Gasteiger partial charge is 0.496 e. The van der Waals surface area contributed by atoms with Crippen molar-refractivity contribution in [3.8, 4) is 17.4 Å². The molecule has 3 aliphatic heterocycles. The monoisotopic (exact) mass is 726 g/mol. The molecule has 6 rings (SSSR count). The second-order valence-corrected chi connectivity index (χ2v) is 14.6. The molecule has 3 fully saturated rings. The summed E-state index contributed by atoms with van der Waals surface area (Å²) in [6.45, 7) is 4.72. The summed E-state index contributed by atoms with van der Waals surface area (Å²) in [5, 5.41) is 6.24. The quantitative estimate of drug-likeness (QED) is 0.361. The summed E-state index contributed by atoms with van der Waals surface area (Å²) in [4.78, 5) is 61.6. The zero-order chi connectivity index (χ0) is 37.4. The van der Waals surface area contributed by atoms with Crippen LogP contribution in [-0.4, -0.2) is 101 Å². The normalized spacial score (nSPS) is 28.3. The molecule has 4 aliphatic rings. The molecule has 282 valence electrons. The third-order valence-corrected chi connectivity index (χ3v) is 10.4. The lowest BCUT2D eigenvalue weighted by Crippen LogP contribution is -2.58. The first-order chi connectivity index (χ1) is 24.7. The number of nitrogens with one attached hydrogen (secondary N) is 2. The van der Waals surface area contributed by atoms with Gasteiger partial charge in [-0.25, -0.2) is 18.6 Å². The fourth-order valence-corrected chi connectivity index (χ4v) is 7.50. The lowest BCUT2D eigenvalue weighted by Gasteiger charge is -2.30. The maximum atomic E-state index is 14.5. The average molecular weight is 727 g/mol. The highest BCUT2D eigenvalue weighted by molar-refractivity contribution is 5.98. The van der Waals surface area contributed by atoms with Crippen LogP contribution < -0.4 is 30.6 Å². The number of carbonyl (C=O) groups excluding carboxylic acids is 4. The number of ether oxygens (including phenoxy) is 3. The molecule has 1 aromatic carbocycles. The predicted octanol–water partition coefficient (Wildman–Crippen LogP) is 3.99. The van der Waals surface area contributed by atoms with Crippen LogP contribution in [0.5, 0.6) is 17.4 Å². The summed E-state index contributed by atoms with van der Waals surface area (Å²) in [6.07, 6.45) is 6.01. The number of rotatable bonds is 7. The molecule has 4 N–H and O–H groups in total. The van der Waals surface area contributed by atoms with E-state index in [2.05, 4.69) is 10.6 Å². The molecule has 5 amide bonds. The van der Waals surface area contributed by atoms with Crippen LogP contribution in [0.1, 0.15) is 70.8 Å². The number of nitrogens with two attached hydrogens (primary N) is 1. The number of fused-ring (bicyclic) bond motifs is 3. The minimum absolute atomic E-state index is 0.0305. The van der Waals surface area contributed by atoms with Crippen molar-refractivity contribution in [1.29, 1.82) is 0 Å². The predicted molar refractivity (Wildman–Crippen MR) is 187 cm³/mol. The van der Waals surface area contributed by atoms with Crippen molar-refractivity contribution in [3.05, 3.63) is 35.9 Å². The van der Waals surface area contributed by atoms with Gasteiger partial charge < -0.3 is 40.4 Å². The van der Waals surface area contributed by atoms with Gasteiger partial charge in [0.1, 0.15) is 35.2 Å². The van der Waals surface area contributed by atoms with E-state index in [1.807, 2.05) is 39.0 Å². The van der Waals surface area contributed by atoms with Crippen molar-refractivity contribution >= 4 is 34.7 Å². The number of likely N-dealkylation sites (tertiary alicyclic amines) is 1. The Kier molecular flexibility index (Phi) is 10.5. The highest BCUT2D eigenvalue weighted by Gasteiger charge is 2.60. The van der Waals surface area contributed by atoms with Gasteiger partial charge in [0.15, 0.2) is 0 Å². The smallest absolute Gasteiger partial charge is 0.318 e.